The van der Waals surface area contributed by atoms with Gasteiger partial charge < -0.3 is 11.1 Å². The maximum atomic E-state index is 10.9. The van der Waals surface area contributed by atoms with E-state index in [0.29, 0.717) is 11.7 Å². The highest BCUT2D eigenvalue weighted by atomic mass is 32.2. The van der Waals surface area contributed by atoms with Crippen LogP contribution < -0.4 is 11.1 Å². The van der Waals surface area contributed by atoms with Gasteiger partial charge in [-0.15, -0.1) is 0 Å². The van der Waals surface area contributed by atoms with E-state index in [2.05, 4.69) is 15.3 Å². The molecule has 0 radical (unpaired) electrons. The second-order valence-corrected chi connectivity index (χ2v) is 4.93. The van der Waals surface area contributed by atoms with Gasteiger partial charge in [0.2, 0.25) is 5.91 Å². The van der Waals surface area contributed by atoms with Crippen LogP contribution >= 0.6 is 11.8 Å². The maximum absolute atomic E-state index is 10.9. The summed E-state index contributed by atoms with van der Waals surface area (Å²) in [7, 11) is 0. The molecule has 1 heterocycles. The first-order valence-electron chi connectivity index (χ1n) is 5.74. The van der Waals surface area contributed by atoms with E-state index in [-0.39, 0.29) is 5.91 Å². The summed E-state index contributed by atoms with van der Waals surface area (Å²) in [4.78, 5) is 20.3. The van der Waals surface area contributed by atoms with Crippen LogP contribution in [0.5, 0.6) is 0 Å². The van der Waals surface area contributed by atoms with Crippen molar-refractivity contribution < 1.29 is 4.79 Å². The molecule has 0 aliphatic rings. The van der Waals surface area contributed by atoms with Crippen molar-refractivity contribution in [3.63, 3.8) is 0 Å². The average Bonchev–Trinajstić information content (AvgIpc) is 2.41. The SMILES string of the molecule is CC(=O)Nc1ccc(Sc2ncc(CN)cn2)cc1. The number of nitrogens with one attached hydrogen (secondary N) is 1. The Morgan fingerprint density at radius 3 is 2.42 bits per heavy atom. The fourth-order valence-corrected chi connectivity index (χ4v) is 2.11. The van der Waals surface area contributed by atoms with E-state index in [1.54, 1.807) is 12.4 Å². The number of amides is 1. The molecule has 1 aromatic carbocycles. The van der Waals surface area contributed by atoms with Gasteiger partial charge >= 0.3 is 0 Å². The van der Waals surface area contributed by atoms with Gasteiger partial charge in [-0.2, -0.15) is 0 Å². The normalized spacial score (nSPS) is 10.2. The van der Waals surface area contributed by atoms with Crippen molar-refractivity contribution >= 4 is 23.4 Å². The monoisotopic (exact) mass is 274 g/mol. The van der Waals surface area contributed by atoms with Gasteiger partial charge in [0.25, 0.3) is 0 Å². The van der Waals surface area contributed by atoms with Crippen molar-refractivity contribution in [1.29, 1.82) is 0 Å². The Morgan fingerprint density at radius 2 is 1.89 bits per heavy atom. The predicted octanol–water partition coefficient (Wildman–Crippen LogP) is 2.04. The Kier molecular flexibility index (Phi) is 4.48. The quantitative estimate of drug-likeness (QED) is 0.834. The first-order chi connectivity index (χ1) is 9.17. The highest BCUT2D eigenvalue weighted by Crippen LogP contribution is 2.25. The first kappa shape index (κ1) is 13.5. The molecule has 98 valence electrons. The van der Waals surface area contributed by atoms with E-state index in [0.717, 1.165) is 16.1 Å². The molecular weight excluding hydrogens is 260 g/mol. The van der Waals surface area contributed by atoms with Gasteiger partial charge in [-0.25, -0.2) is 9.97 Å². The van der Waals surface area contributed by atoms with Gasteiger partial charge in [0, 0.05) is 42.0 Å². The molecule has 0 fully saturated rings. The summed E-state index contributed by atoms with van der Waals surface area (Å²) in [5, 5.41) is 3.39. The molecular formula is C13H14N4OS. The molecule has 0 aliphatic heterocycles. The zero-order valence-corrected chi connectivity index (χ0v) is 11.3. The van der Waals surface area contributed by atoms with E-state index < -0.39 is 0 Å². The Labute approximate surface area is 115 Å². The summed E-state index contributed by atoms with van der Waals surface area (Å²) in [6, 6.07) is 7.52. The van der Waals surface area contributed by atoms with Crippen LogP contribution in [0, 0.1) is 0 Å². The van der Waals surface area contributed by atoms with Gasteiger partial charge in [-0.3, -0.25) is 4.79 Å². The van der Waals surface area contributed by atoms with Gasteiger partial charge in [-0.05, 0) is 36.0 Å². The molecule has 3 N–H and O–H groups in total. The minimum absolute atomic E-state index is 0.0823. The number of nitrogens with zero attached hydrogens (tertiary/aromatic N) is 2. The third-order valence-electron chi connectivity index (χ3n) is 2.30. The molecule has 2 rings (SSSR count). The van der Waals surface area contributed by atoms with Crippen molar-refractivity contribution in [3.05, 3.63) is 42.2 Å². The number of hydrogen-bond donors (Lipinski definition) is 2. The lowest BCUT2D eigenvalue weighted by atomic mass is 10.3. The number of carbonyl (C=O) groups excluding carboxylic acids is 1. The van der Waals surface area contributed by atoms with E-state index in [9.17, 15) is 4.79 Å². The van der Waals surface area contributed by atoms with Gasteiger partial charge in [0.1, 0.15) is 0 Å². The number of rotatable bonds is 4. The lowest BCUT2D eigenvalue weighted by Crippen LogP contribution is -2.05. The molecule has 2 aromatic rings. The zero-order chi connectivity index (χ0) is 13.7. The number of aromatic nitrogens is 2. The number of nitrogens with two attached hydrogens (primary N) is 1. The third kappa shape index (κ3) is 4.04. The highest BCUT2D eigenvalue weighted by Gasteiger charge is 2.01. The predicted molar refractivity (Wildman–Crippen MR) is 74.8 cm³/mol. The van der Waals surface area contributed by atoms with Crippen LogP contribution in [-0.2, 0) is 11.3 Å². The largest absolute Gasteiger partial charge is 0.326 e. The first-order valence-corrected chi connectivity index (χ1v) is 6.55. The Hall–Kier alpha value is -1.92. The van der Waals surface area contributed by atoms with E-state index >= 15 is 0 Å². The number of hydrogen-bond acceptors (Lipinski definition) is 5. The lowest BCUT2D eigenvalue weighted by molar-refractivity contribution is -0.114. The molecule has 0 atom stereocenters. The summed E-state index contributed by atoms with van der Waals surface area (Å²) in [5.74, 6) is -0.0823. The van der Waals surface area contributed by atoms with E-state index in [4.69, 9.17) is 5.73 Å². The highest BCUT2D eigenvalue weighted by molar-refractivity contribution is 7.99. The molecule has 0 spiro atoms. The lowest BCUT2D eigenvalue weighted by Gasteiger charge is -2.04. The Balaban J connectivity index is 2.04. The third-order valence-corrected chi connectivity index (χ3v) is 3.20. The second-order valence-electron chi connectivity index (χ2n) is 3.89. The maximum Gasteiger partial charge on any atom is 0.221 e. The molecule has 0 saturated carbocycles. The molecule has 0 aliphatic carbocycles. The Morgan fingerprint density at radius 1 is 1.26 bits per heavy atom. The fourth-order valence-electron chi connectivity index (χ4n) is 1.42. The van der Waals surface area contributed by atoms with E-state index in [1.807, 2.05) is 24.3 Å². The zero-order valence-electron chi connectivity index (χ0n) is 10.5. The molecule has 0 unspecified atom stereocenters. The minimum atomic E-state index is -0.0823. The van der Waals surface area contributed by atoms with Crippen LogP contribution in [0.4, 0.5) is 5.69 Å². The van der Waals surface area contributed by atoms with Crippen LogP contribution in [0.15, 0.2) is 46.7 Å². The van der Waals surface area contributed by atoms with Crippen molar-refractivity contribution in [1.82, 2.24) is 9.97 Å². The number of benzene rings is 1. The standard InChI is InChI=1S/C13H14N4OS/c1-9(18)17-11-2-4-12(5-3-11)19-13-15-7-10(6-14)8-16-13/h2-5,7-8H,6,14H2,1H3,(H,17,18). The smallest absolute Gasteiger partial charge is 0.221 e. The Bertz CT molecular complexity index is 554. The molecule has 1 amide bonds. The van der Waals surface area contributed by atoms with Gasteiger partial charge in [0.05, 0.1) is 0 Å². The van der Waals surface area contributed by atoms with Crippen LogP contribution in [0.3, 0.4) is 0 Å². The molecule has 0 bridgehead atoms. The van der Waals surface area contributed by atoms with Crippen molar-refractivity contribution in [2.75, 3.05) is 5.32 Å². The summed E-state index contributed by atoms with van der Waals surface area (Å²) in [6.07, 6.45) is 3.45. The number of carbonyl (C=O) groups is 1. The van der Waals surface area contributed by atoms with Crippen LogP contribution in [-0.4, -0.2) is 15.9 Å². The summed E-state index contributed by atoms with van der Waals surface area (Å²) in [5.41, 5.74) is 7.17. The fraction of sp³-hybridized carbons (Fsp3) is 0.154. The molecule has 5 nitrogen and oxygen atoms in total. The molecule has 19 heavy (non-hydrogen) atoms. The van der Waals surface area contributed by atoms with Crippen molar-refractivity contribution in [3.8, 4) is 0 Å². The van der Waals surface area contributed by atoms with Gasteiger partial charge in [-0.1, -0.05) is 0 Å². The number of anilines is 1. The van der Waals surface area contributed by atoms with Crippen molar-refractivity contribution in [2.24, 2.45) is 5.73 Å². The minimum Gasteiger partial charge on any atom is -0.326 e. The average molecular weight is 274 g/mol. The molecule has 6 heteroatoms. The van der Waals surface area contributed by atoms with Crippen LogP contribution in [0.1, 0.15) is 12.5 Å². The summed E-state index contributed by atoms with van der Waals surface area (Å²) < 4.78 is 0. The summed E-state index contributed by atoms with van der Waals surface area (Å²) in [6.45, 7) is 1.92. The van der Waals surface area contributed by atoms with E-state index in [1.165, 1.54) is 18.7 Å². The molecule has 0 saturated heterocycles. The van der Waals surface area contributed by atoms with Crippen LogP contribution in [0.2, 0.25) is 0 Å². The molecule has 1 aromatic heterocycles. The topological polar surface area (TPSA) is 80.9 Å². The van der Waals surface area contributed by atoms with Crippen molar-refractivity contribution in [2.45, 2.75) is 23.5 Å². The summed E-state index contributed by atoms with van der Waals surface area (Å²) >= 11 is 1.46. The second kappa shape index (κ2) is 6.31. The van der Waals surface area contributed by atoms with Crippen LogP contribution in [0.25, 0.3) is 0 Å². The van der Waals surface area contributed by atoms with Gasteiger partial charge in [0.15, 0.2) is 5.16 Å².